The zero-order valence-electron chi connectivity index (χ0n) is 17.7. The molecule has 2 aromatic rings. The van der Waals surface area contributed by atoms with Gasteiger partial charge < -0.3 is 15.0 Å². The number of rotatable bonds is 6. The summed E-state index contributed by atoms with van der Waals surface area (Å²) in [5.41, 5.74) is 1.94. The molecule has 0 fully saturated rings. The molecule has 2 amide bonds. The van der Waals surface area contributed by atoms with E-state index in [-0.39, 0.29) is 12.0 Å². The molecule has 2 heterocycles. The molecule has 1 aromatic heterocycles. The van der Waals surface area contributed by atoms with Gasteiger partial charge in [0, 0.05) is 18.5 Å². The molecule has 0 saturated carbocycles. The molecule has 0 spiro atoms. The third kappa shape index (κ3) is 4.27. The lowest BCUT2D eigenvalue weighted by molar-refractivity contribution is -0.115. The van der Waals surface area contributed by atoms with Crippen LogP contribution in [0.4, 0.5) is 10.6 Å². The molecule has 1 aliphatic heterocycles. The van der Waals surface area contributed by atoms with Gasteiger partial charge in [0.25, 0.3) is 0 Å². The molecule has 1 aliphatic rings. The third-order valence-electron chi connectivity index (χ3n) is 5.21. The quantitative estimate of drug-likeness (QED) is 0.778. The van der Waals surface area contributed by atoms with Gasteiger partial charge in [0.1, 0.15) is 6.10 Å². The normalized spacial score (nSPS) is 15.9. The molecule has 0 saturated heterocycles. The van der Waals surface area contributed by atoms with Crippen LogP contribution in [0.2, 0.25) is 0 Å². The SMILES string of the molecule is CCC(=O)Nc1n[nH]c2c1CN(C(=O)O[C@H](CN(C)C)c1ccccc1)C2(C)C. The lowest BCUT2D eigenvalue weighted by Crippen LogP contribution is -2.42. The Bertz CT molecular complexity index is 876. The standard InChI is InChI=1S/C21H29N5O3/c1-6-17(27)22-19-15-12-26(21(2,3)18(15)23-24-19)20(28)29-16(13-25(4)5)14-10-8-7-9-11-14/h7-11,16H,6,12-13H2,1-5H3,(H2,22,23,24,27)/t16-/m1/s1. The highest BCUT2D eigenvalue weighted by atomic mass is 16.6. The molecule has 8 heteroatoms. The number of hydrogen-bond donors (Lipinski definition) is 2. The first-order chi connectivity index (χ1) is 13.7. The van der Waals surface area contributed by atoms with E-state index >= 15 is 0 Å². The van der Waals surface area contributed by atoms with Crippen molar-refractivity contribution in [3.63, 3.8) is 0 Å². The second kappa shape index (κ2) is 8.24. The van der Waals surface area contributed by atoms with Crippen molar-refractivity contribution in [1.82, 2.24) is 20.0 Å². The molecule has 0 bridgehead atoms. The lowest BCUT2D eigenvalue weighted by atomic mass is 10.0. The van der Waals surface area contributed by atoms with E-state index in [1.165, 1.54) is 0 Å². The topological polar surface area (TPSA) is 90.6 Å². The predicted octanol–water partition coefficient (Wildman–Crippen LogP) is 3.25. The first-order valence-electron chi connectivity index (χ1n) is 9.79. The van der Waals surface area contributed by atoms with Gasteiger partial charge in [0.2, 0.25) is 5.91 Å². The zero-order chi connectivity index (χ0) is 21.2. The van der Waals surface area contributed by atoms with E-state index in [0.29, 0.717) is 25.3 Å². The minimum Gasteiger partial charge on any atom is -0.440 e. The van der Waals surface area contributed by atoms with Gasteiger partial charge in [-0.3, -0.25) is 14.8 Å². The number of nitrogens with zero attached hydrogens (tertiary/aromatic N) is 3. The van der Waals surface area contributed by atoms with Gasteiger partial charge in [-0.2, -0.15) is 5.10 Å². The summed E-state index contributed by atoms with van der Waals surface area (Å²) in [5, 5.41) is 10.0. The highest BCUT2D eigenvalue weighted by molar-refractivity contribution is 5.90. The number of nitrogens with one attached hydrogen (secondary N) is 2. The maximum Gasteiger partial charge on any atom is 0.411 e. The Morgan fingerprint density at radius 3 is 2.62 bits per heavy atom. The highest BCUT2D eigenvalue weighted by Crippen LogP contribution is 2.41. The Kier molecular flexibility index (Phi) is 5.93. The van der Waals surface area contributed by atoms with E-state index in [9.17, 15) is 9.59 Å². The van der Waals surface area contributed by atoms with Crippen LogP contribution in [0, 0.1) is 0 Å². The fraction of sp³-hybridized carbons (Fsp3) is 0.476. The van der Waals surface area contributed by atoms with Crippen LogP contribution in [0.15, 0.2) is 30.3 Å². The average Bonchev–Trinajstić information content (AvgIpc) is 3.19. The maximum absolute atomic E-state index is 13.1. The number of H-pyrrole nitrogens is 1. The van der Waals surface area contributed by atoms with Crippen LogP contribution in [0.5, 0.6) is 0 Å². The van der Waals surface area contributed by atoms with Crippen molar-refractivity contribution < 1.29 is 14.3 Å². The number of anilines is 1. The van der Waals surface area contributed by atoms with Gasteiger partial charge in [-0.05, 0) is 33.5 Å². The van der Waals surface area contributed by atoms with Crippen LogP contribution in [0.1, 0.15) is 50.1 Å². The molecule has 0 unspecified atom stereocenters. The van der Waals surface area contributed by atoms with E-state index < -0.39 is 11.6 Å². The summed E-state index contributed by atoms with van der Waals surface area (Å²) >= 11 is 0. The molecule has 1 aromatic carbocycles. The first-order valence-corrected chi connectivity index (χ1v) is 9.79. The minimum absolute atomic E-state index is 0.117. The number of likely N-dealkylation sites (N-methyl/N-ethyl adjacent to an activating group) is 1. The van der Waals surface area contributed by atoms with Gasteiger partial charge in [-0.15, -0.1) is 0 Å². The van der Waals surface area contributed by atoms with E-state index in [4.69, 9.17) is 4.74 Å². The summed E-state index contributed by atoms with van der Waals surface area (Å²) in [7, 11) is 3.89. The fourth-order valence-corrected chi connectivity index (χ4v) is 3.53. The molecule has 2 N–H and O–H groups in total. The summed E-state index contributed by atoms with van der Waals surface area (Å²) < 4.78 is 5.93. The molecule has 3 rings (SSSR count). The van der Waals surface area contributed by atoms with Gasteiger partial charge in [0.05, 0.1) is 17.8 Å². The van der Waals surface area contributed by atoms with Crippen LogP contribution in [0.25, 0.3) is 0 Å². The van der Waals surface area contributed by atoms with Crippen molar-refractivity contribution in [2.75, 3.05) is 26.0 Å². The number of benzene rings is 1. The molecule has 8 nitrogen and oxygen atoms in total. The third-order valence-corrected chi connectivity index (χ3v) is 5.21. The Morgan fingerprint density at radius 1 is 1.31 bits per heavy atom. The molecule has 0 radical (unpaired) electrons. The summed E-state index contributed by atoms with van der Waals surface area (Å²) in [6.45, 7) is 6.56. The summed E-state index contributed by atoms with van der Waals surface area (Å²) in [6, 6.07) is 9.73. The smallest absolute Gasteiger partial charge is 0.411 e. The van der Waals surface area contributed by atoms with Gasteiger partial charge >= 0.3 is 6.09 Å². The monoisotopic (exact) mass is 399 g/mol. The zero-order valence-corrected chi connectivity index (χ0v) is 17.7. The maximum atomic E-state index is 13.1. The lowest BCUT2D eigenvalue weighted by Gasteiger charge is -2.33. The molecular formula is C21H29N5O3. The van der Waals surface area contributed by atoms with E-state index in [0.717, 1.165) is 16.8 Å². The number of carbonyl (C=O) groups is 2. The van der Waals surface area contributed by atoms with Gasteiger partial charge in [0.15, 0.2) is 5.82 Å². The van der Waals surface area contributed by atoms with Crippen LogP contribution < -0.4 is 5.32 Å². The van der Waals surface area contributed by atoms with E-state index in [1.54, 1.807) is 11.8 Å². The summed E-state index contributed by atoms with van der Waals surface area (Å²) in [5.74, 6) is 0.358. The van der Waals surface area contributed by atoms with Crippen molar-refractivity contribution in [2.45, 2.75) is 45.4 Å². The molecule has 156 valence electrons. The van der Waals surface area contributed by atoms with Crippen molar-refractivity contribution >= 4 is 17.8 Å². The number of aromatic amines is 1. The van der Waals surface area contributed by atoms with Crippen LogP contribution in [-0.2, 0) is 21.6 Å². The minimum atomic E-state index is -0.631. The Labute approximate surface area is 171 Å². The fourth-order valence-electron chi connectivity index (χ4n) is 3.53. The van der Waals surface area contributed by atoms with E-state index in [2.05, 4.69) is 15.5 Å². The molecular weight excluding hydrogens is 370 g/mol. The Balaban J connectivity index is 1.80. The van der Waals surface area contributed by atoms with Crippen molar-refractivity contribution in [3.05, 3.63) is 47.2 Å². The number of fused-ring (bicyclic) bond motifs is 1. The Morgan fingerprint density at radius 2 is 2.00 bits per heavy atom. The first kappa shape index (κ1) is 20.9. The second-order valence-electron chi connectivity index (χ2n) is 8.02. The van der Waals surface area contributed by atoms with Crippen molar-refractivity contribution in [2.24, 2.45) is 0 Å². The number of hydrogen-bond acceptors (Lipinski definition) is 5. The highest BCUT2D eigenvalue weighted by Gasteiger charge is 2.45. The van der Waals surface area contributed by atoms with Gasteiger partial charge in [-0.1, -0.05) is 37.3 Å². The number of ether oxygens (including phenoxy) is 1. The second-order valence-corrected chi connectivity index (χ2v) is 8.02. The number of aromatic nitrogens is 2. The Hall–Kier alpha value is -2.87. The van der Waals surface area contributed by atoms with Crippen molar-refractivity contribution in [1.29, 1.82) is 0 Å². The average molecular weight is 399 g/mol. The number of amides is 2. The summed E-state index contributed by atoms with van der Waals surface area (Å²) in [6.07, 6.45) is -0.422. The van der Waals surface area contributed by atoms with Crippen LogP contribution >= 0.6 is 0 Å². The molecule has 0 aliphatic carbocycles. The largest absolute Gasteiger partial charge is 0.440 e. The van der Waals surface area contributed by atoms with Crippen LogP contribution in [-0.4, -0.2) is 52.6 Å². The summed E-state index contributed by atoms with van der Waals surface area (Å²) in [4.78, 5) is 28.6. The predicted molar refractivity (Wildman–Crippen MR) is 110 cm³/mol. The molecule has 29 heavy (non-hydrogen) atoms. The molecule has 1 atom stereocenters. The van der Waals surface area contributed by atoms with Crippen LogP contribution in [0.3, 0.4) is 0 Å². The van der Waals surface area contributed by atoms with E-state index in [1.807, 2.05) is 63.2 Å². The van der Waals surface area contributed by atoms with Crippen molar-refractivity contribution in [3.8, 4) is 0 Å². The van der Waals surface area contributed by atoms with Gasteiger partial charge in [-0.25, -0.2) is 4.79 Å². The number of carbonyl (C=O) groups excluding carboxylic acids is 2.